The van der Waals surface area contributed by atoms with Crippen LogP contribution in [-0.4, -0.2) is 16.7 Å². The Labute approximate surface area is 106 Å². The maximum Gasteiger partial charge on any atom is 0.244 e. The van der Waals surface area contributed by atoms with Crippen molar-refractivity contribution < 1.29 is 4.52 Å². The summed E-state index contributed by atoms with van der Waals surface area (Å²) in [7, 11) is 0. The molecule has 1 fully saturated rings. The summed E-state index contributed by atoms with van der Waals surface area (Å²) in [6, 6.07) is 8.56. The van der Waals surface area contributed by atoms with Crippen LogP contribution in [0.3, 0.4) is 0 Å². The van der Waals surface area contributed by atoms with Crippen LogP contribution in [0.2, 0.25) is 0 Å². The highest BCUT2D eigenvalue weighted by Crippen LogP contribution is 2.24. The topological polar surface area (TPSA) is 51.0 Å². The third kappa shape index (κ3) is 2.16. The van der Waals surface area contributed by atoms with Crippen molar-refractivity contribution in [3.05, 3.63) is 35.7 Å². The highest BCUT2D eigenvalue weighted by atomic mass is 16.5. The van der Waals surface area contributed by atoms with Gasteiger partial charge in [-0.2, -0.15) is 4.98 Å². The molecule has 4 heteroatoms. The van der Waals surface area contributed by atoms with Crippen LogP contribution < -0.4 is 5.32 Å². The molecule has 2 aromatic rings. The predicted octanol–water partition coefficient (Wildman–Crippen LogP) is 2.72. The number of aryl methyl sites for hydroxylation is 1. The van der Waals surface area contributed by atoms with Gasteiger partial charge >= 0.3 is 0 Å². The van der Waals surface area contributed by atoms with Crippen molar-refractivity contribution >= 4 is 0 Å². The SMILES string of the molecule is CCc1ccc(-c2noc(C3CCCN3)n2)cc1. The van der Waals surface area contributed by atoms with E-state index in [1.807, 2.05) is 0 Å². The van der Waals surface area contributed by atoms with E-state index in [-0.39, 0.29) is 6.04 Å². The Morgan fingerprint density at radius 2 is 2.17 bits per heavy atom. The molecule has 0 saturated carbocycles. The van der Waals surface area contributed by atoms with Crippen LogP contribution in [0, 0.1) is 0 Å². The van der Waals surface area contributed by atoms with Crippen molar-refractivity contribution in [1.82, 2.24) is 15.5 Å². The van der Waals surface area contributed by atoms with Crippen LogP contribution in [0.5, 0.6) is 0 Å². The maximum atomic E-state index is 5.34. The second kappa shape index (κ2) is 4.90. The Hall–Kier alpha value is -1.68. The summed E-state index contributed by atoms with van der Waals surface area (Å²) < 4.78 is 5.34. The van der Waals surface area contributed by atoms with Crippen LogP contribution in [-0.2, 0) is 6.42 Å². The molecular weight excluding hydrogens is 226 g/mol. The van der Waals surface area contributed by atoms with Crippen molar-refractivity contribution in [3.63, 3.8) is 0 Å². The number of nitrogens with one attached hydrogen (secondary N) is 1. The molecule has 1 saturated heterocycles. The zero-order valence-electron chi connectivity index (χ0n) is 10.5. The zero-order chi connectivity index (χ0) is 12.4. The van der Waals surface area contributed by atoms with Crippen LogP contribution in [0.1, 0.15) is 37.3 Å². The maximum absolute atomic E-state index is 5.34. The van der Waals surface area contributed by atoms with E-state index < -0.39 is 0 Å². The molecule has 0 spiro atoms. The van der Waals surface area contributed by atoms with E-state index in [0.717, 1.165) is 24.9 Å². The van der Waals surface area contributed by atoms with Gasteiger partial charge in [-0.25, -0.2) is 0 Å². The lowest BCUT2D eigenvalue weighted by Crippen LogP contribution is -2.12. The van der Waals surface area contributed by atoms with Crippen molar-refractivity contribution in [2.24, 2.45) is 0 Å². The van der Waals surface area contributed by atoms with Crippen molar-refractivity contribution in [2.75, 3.05) is 6.54 Å². The number of aromatic nitrogens is 2. The molecule has 1 atom stereocenters. The van der Waals surface area contributed by atoms with E-state index in [1.165, 1.54) is 12.0 Å². The van der Waals surface area contributed by atoms with Gasteiger partial charge in [0.25, 0.3) is 0 Å². The summed E-state index contributed by atoms with van der Waals surface area (Å²) in [6.07, 6.45) is 3.30. The van der Waals surface area contributed by atoms with E-state index in [1.54, 1.807) is 0 Å². The Balaban J connectivity index is 1.82. The third-order valence-electron chi connectivity index (χ3n) is 3.42. The lowest BCUT2D eigenvalue weighted by atomic mass is 10.1. The molecular formula is C14H17N3O. The average molecular weight is 243 g/mol. The Kier molecular flexibility index (Phi) is 3.11. The van der Waals surface area contributed by atoms with Gasteiger partial charge in [0.2, 0.25) is 11.7 Å². The van der Waals surface area contributed by atoms with Gasteiger partial charge in [0.05, 0.1) is 6.04 Å². The van der Waals surface area contributed by atoms with Gasteiger partial charge in [-0.1, -0.05) is 36.3 Å². The summed E-state index contributed by atoms with van der Waals surface area (Å²) in [4.78, 5) is 4.48. The highest BCUT2D eigenvalue weighted by Gasteiger charge is 2.22. The minimum absolute atomic E-state index is 0.237. The van der Waals surface area contributed by atoms with E-state index in [2.05, 4.69) is 46.6 Å². The lowest BCUT2D eigenvalue weighted by molar-refractivity contribution is 0.345. The monoisotopic (exact) mass is 243 g/mol. The molecule has 1 N–H and O–H groups in total. The van der Waals surface area contributed by atoms with Crippen LogP contribution in [0.4, 0.5) is 0 Å². The molecule has 1 aliphatic heterocycles. The van der Waals surface area contributed by atoms with Crippen LogP contribution in [0.25, 0.3) is 11.4 Å². The van der Waals surface area contributed by atoms with Gasteiger partial charge < -0.3 is 9.84 Å². The smallest absolute Gasteiger partial charge is 0.244 e. The summed E-state index contributed by atoms with van der Waals surface area (Å²) in [5.74, 6) is 1.39. The molecule has 1 aliphatic rings. The summed E-state index contributed by atoms with van der Waals surface area (Å²) in [6.45, 7) is 3.18. The molecule has 0 amide bonds. The second-order valence-electron chi connectivity index (χ2n) is 4.66. The minimum atomic E-state index is 0.237. The first-order valence-corrected chi connectivity index (χ1v) is 6.53. The molecule has 1 unspecified atom stereocenters. The molecule has 18 heavy (non-hydrogen) atoms. The normalized spacial score (nSPS) is 19.3. The first-order valence-electron chi connectivity index (χ1n) is 6.53. The van der Waals surface area contributed by atoms with Crippen molar-refractivity contribution in [2.45, 2.75) is 32.2 Å². The Bertz CT molecular complexity index is 512. The molecule has 0 bridgehead atoms. The molecule has 1 aromatic heterocycles. The summed E-state index contributed by atoms with van der Waals surface area (Å²) in [5.41, 5.74) is 2.33. The Morgan fingerprint density at radius 1 is 1.33 bits per heavy atom. The van der Waals surface area contributed by atoms with E-state index in [0.29, 0.717) is 11.7 Å². The fourth-order valence-electron chi connectivity index (χ4n) is 2.28. The Morgan fingerprint density at radius 3 is 2.83 bits per heavy atom. The van der Waals surface area contributed by atoms with Gasteiger partial charge in [0, 0.05) is 5.56 Å². The summed E-state index contributed by atoms with van der Waals surface area (Å²) in [5, 5.41) is 7.42. The highest BCUT2D eigenvalue weighted by molar-refractivity contribution is 5.54. The fourth-order valence-corrected chi connectivity index (χ4v) is 2.28. The first kappa shape index (κ1) is 11.4. The number of benzene rings is 1. The molecule has 4 nitrogen and oxygen atoms in total. The average Bonchev–Trinajstić information content (AvgIpc) is 3.09. The minimum Gasteiger partial charge on any atom is -0.337 e. The number of hydrogen-bond acceptors (Lipinski definition) is 4. The van der Waals surface area contributed by atoms with E-state index in [4.69, 9.17) is 4.52 Å². The van der Waals surface area contributed by atoms with Gasteiger partial charge in [-0.15, -0.1) is 0 Å². The fraction of sp³-hybridized carbons (Fsp3) is 0.429. The van der Waals surface area contributed by atoms with Crippen molar-refractivity contribution in [1.29, 1.82) is 0 Å². The zero-order valence-corrected chi connectivity index (χ0v) is 10.5. The van der Waals surface area contributed by atoms with E-state index >= 15 is 0 Å². The molecule has 3 rings (SSSR count). The molecule has 1 aromatic carbocycles. The standard InChI is InChI=1S/C14H17N3O/c1-2-10-5-7-11(8-6-10)13-16-14(18-17-13)12-4-3-9-15-12/h5-8,12,15H,2-4,9H2,1H3. The number of nitrogens with zero attached hydrogens (tertiary/aromatic N) is 2. The summed E-state index contributed by atoms with van der Waals surface area (Å²) >= 11 is 0. The van der Waals surface area contributed by atoms with Gasteiger partial charge in [0.1, 0.15) is 0 Å². The molecule has 94 valence electrons. The number of rotatable bonds is 3. The lowest BCUT2D eigenvalue weighted by Gasteiger charge is -2.01. The number of hydrogen-bond donors (Lipinski definition) is 1. The van der Waals surface area contributed by atoms with Gasteiger partial charge in [0.15, 0.2) is 0 Å². The third-order valence-corrected chi connectivity index (χ3v) is 3.42. The molecule has 0 radical (unpaired) electrons. The first-order chi connectivity index (χ1) is 8.86. The van der Waals surface area contributed by atoms with Gasteiger partial charge in [-0.3, -0.25) is 0 Å². The quantitative estimate of drug-likeness (QED) is 0.900. The van der Waals surface area contributed by atoms with Gasteiger partial charge in [-0.05, 0) is 31.4 Å². The largest absolute Gasteiger partial charge is 0.337 e. The van der Waals surface area contributed by atoms with Crippen LogP contribution >= 0.6 is 0 Å². The molecule has 2 heterocycles. The van der Waals surface area contributed by atoms with Crippen molar-refractivity contribution in [3.8, 4) is 11.4 Å². The molecule has 0 aliphatic carbocycles. The predicted molar refractivity (Wildman–Crippen MR) is 69.1 cm³/mol. The van der Waals surface area contributed by atoms with Crippen LogP contribution in [0.15, 0.2) is 28.8 Å². The van der Waals surface area contributed by atoms with E-state index in [9.17, 15) is 0 Å². The second-order valence-corrected chi connectivity index (χ2v) is 4.66.